The van der Waals surface area contributed by atoms with Crippen LogP contribution < -0.4 is 20.5 Å². The summed E-state index contributed by atoms with van der Waals surface area (Å²) in [7, 11) is 1.50. The van der Waals surface area contributed by atoms with Gasteiger partial charge < -0.3 is 20.5 Å². The zero-order valence-electron chi connectivity index (χ0n) is 15.2. The molecule has 5 nitrogen and oxygen atoms in total. The molecular formula is C19H21F3N2O3S. The Bertz CT molecular complexity index is 753. The van der Waals surface area contributed by atoms with Crippen molar-refractivity contribution >= 4 is 17.7 Å². The molecule has 0 bridgehead atoms. The van der Waals surface area contributed by atoms with Crippen molar-refractivity contribution in [3.05, 3.63) is 54.1 Å². The second-order valence-electron chi connectivity index (χ2n) is 5.59. The molecule has 0 spiro atoms. The molecular weight excluding hydrogens is 393 g/mol. The number of carbonyl (C=O) groups is 1. The van der Waals surface area contributed by atoms with Crippen molar-refractivity contribution in [2.45, 2.75) is 18.0 Å². The second-order valence-corrected chi connectivity index (χ2v) is 6.80. The van der Waals surface area contributed by atoms with Gasteiger partial charge in [-0.15, -0.1) is 24.9 Å². The smallest absolute Gasteiger partial charge is 0.457 e. The van der Waals surface area contributed by atoms with Gasteiger partial charge in [0.2, 0.25) is 5.91 Å². The topological polar surface area (TPSA) is 73.6 Å². The molecule has 28 heavy (non-hydrogen) atoms. The number of hydrogen-bond donors (Lipinski definition) is 2. The van der Waals surface area contributed by atoms with Crippen molar-refractivity contribution in [1.82, 2.24) is 5.32 Å². The van der Waals surface area contributed by atoms with Gasteiger partial charge in [-0.2, -0.15) is 0 Å². The molecule has 0 aliphatic carbocycles. The van der Waals surface area contributed by atoms with Crippen LogP contribution in [0.25, 0.3) is 0 Å². The summed E-state index contributed by atoms with van der Waals surface area (Å²) in [4.78, 5) is 12.1. The summed E-state index contributed by atoms with van der Waals surface area (Å²) < 4.78 is 45.9. The van der Waals surface area contributed by atoms with Crippen LogP contribution in [0.5, 0.6) is 17.2 Å². The molecule has 1 aliphatic heterocycles. The van der Waals surface area contributed by atoms with Crippen LogP contribution >= 0.6 is 11.8 Å². The third-order valence-corrected chi connectivity index (χ3v) is 4.96. The van der Waals surface area contributed by atoms with Gasteiger partial charge >= 0.3 is 6.36 Å². The Kier molecular flexibility index (Phi) is 8.01. The van der Waals surface area contributed by atoms with E-state index in [-0.39, 0.29) is 16.9 Å². The highest BCUT2D eigenvalue weighted by molar-refractivity contribution is 8.00. The molecule has 1 heterocycles. The van der Waals surface area contributed by atoms with E-state index in [0.29, 0.717) is 18.0 Å². The number of hydrogen-bond acceptors (Lipinski definition) is 5. The van der Waals surface area contributed by atoms with Crippen molar-refractivity contribution < 1.29 is 27.4 Å². The summed E-state index contributed by atoms with van der Waals surface area (Å²) in [5, 5.41) is 2.64. The molecule has 1 amide bonds. The summed E-state index contributed by atoms with van der Waals surface area (Å²) in [6.07, 6.45) is -3.78. The molecule has 1 fully saturated rings. The second kappa shape index (κ2) is 10.2. The maximum atomic E-state index is 12.1. The van der Waals surface area contributed by atoms with E-state index in [4.69, 9.17) is 4.74 Å². The van der Waals surface area contributed by atoms with Crippen LogP contribution in [-0.2, 0) is 4.79 Å². The highest BCUT2D eigenvalue weighted by atomic mass is 32.2. The van der Waals surface area contributed by atoms with Crippen LogP contribution in [0.1, 0.15) is 17.2 Å². The predicted molar refractivity (Wildman–Crippen MR) is 103 cm³/mol. The Morgan fingerprint density at radius 3 is 2.11 bits per heavy atom. The fourth-order valence-electron chi connectivity index (χ4n) is 2.46. The lowest BCUT2D eigenvalue weighted by atomic mass is 10.1. The van der Waals surface area contributed by atoms with Crippen LogP contribution in [0.2, 0.25) is 0 Å². The summed E-state index contributed by atoms with van der Waals surface area (Å²) >= 11 is 1.60. The van der Waals surface area contributed by atoms with Crippen LogP contribution in [0, 0.1) is 0 Å². The van der Waals surface area contributed by atoms with Gasteiger partial charge in [0.25, 0.3) is 0 Å². The standard InChI is InChI=1S/C18H16F3NO3S.CH5N/c19-18(20,21)25-15-8-6-14(7-9-15)24-13-4-2-12(3-5-13)16-17(23)22-10-1-11-26-16;1-2/h2-9,16H,1,10-11H2,(H,22,23);2H2,1H3/t16-;/m1./s1. The minimum absolute atomic E-state index is 0.00132. The van der Waals surface area contributed by atoms with Crippen molar-refractivity contribution in [1.29, 1.82) is 0 Å². The summed E-state index contributed by atoms with van der Waals surface area (Å²) in [5.74, 6) is 1.51. The van der Waals surface area contributed by atoms with Crippen LogP contribution in [-0.4, -0.2) is 31.6 Å². The molecule has 0 aromatic heterocycles. The number of alkyl halides is 3. The Labute approximate surface area is 165 Å². The predicted octanol–water partition coefficient (Wildman–Crippen LogP) is 4.25. The maximum absolute atomic E-state index is 12.1. The van der Waals surface area contributed by atoms with E-state index in [2.05, 4.69) is 15.8 Å². The van der Waals surface area contributed by atoms with E-state index in [0.717, 1.165) is 17.7 Å². The number of ether oxygens (including phenoxy) is 2. The molecule has 9 heteroatoms. The van der Waals surface area contributed by atoms with E-state index in [9.17, 15) is 18.0 Å². The van der Waals surface area contributed by atoms with Gasteiger partial charge in [0.05, 0.1) is 0 Å². The lowest BCUT2D eigenvalue weighted by molar-refractivity contribution is -0.274. The van der Waals surface area contributed by atoms with E-state index in [1.165, 1.54) is 31.3 Å². The van der Waals surface area contributed by atoms with E-state index < -0.39 is 6.36 Å². The molecule has 2 aromatic carbocycles. The molecule has 2 aromatic rings. The van der Waals surface area contributed by atoms with Crippen molar-refractivity contribution in [2.24, 2.45) is 5.73 Å². The number of halogens is 3. The Morgan fingerprint density at radius 2 is 1.54 bits per heavy atom. The highest BCUT2D eigenvalue weighted by Gasteiger charge is 2.31. The fourth-order valence-corrected chi connectivity index (χ4v) is 3.59. The molecule has 0 saturated carbocycles. The Hall–Kier alpha value is -2.39. The third kappa shape index (κ3) is 6.65. The van der Waals surface area contributed by atoms with E-state index >= 15 is 0 Å². The number of nitrogens with two attached hydrogens (primary N) is 1. The summed E-state index contributed by atoms with van der Waals surface area (Å²) in [6.45, 7) is 0.692. The van der Waals surface area contributed by atoms with Crippen LogP contribution in [0.3, 0.4) is 0 Å². The third-order valence-electron chi connectivity index (χ3n) is 3.62. The first-order valence-corrected chi connectivity index (χ1v) is 9.56. The molecule has 0 unspecified atom stereocenters. The lowest BCUT2D eigenvalue weighted by Gasteiger charge is -2.14. The largest absolute Gasteiger partial charge is 0.573 e. The molecule has 3 rings (SSSR count). The zero-order chi connectivity index (χ0) is 20.6. The van der Waals surface area contributed by atoms with Crippen LogP contribution in [0.4, 0.5) is 13.2 Å². The van der Waals surface area contributed by atoms with Gasteiger partial charge in [-0.25, -0.2) is 0 Å². The minimum atomic E-state index is -4.72. The monoisotopic (exact) mass is 414 g/mol. The molecule has 1 atom stereocenters. The van der Waals surface area contributed by atoms with Crippen LogP contribution in [0.15, 0.2) is 48.5 Å². The summed E-state index contributed by atoms with van der Waals surface area (Å²) in [6, 6.07) is 12.3. The number of nitrogens with one attached hydrogen (secondary N) is 1. The number of carbonyl (C=O) groups excluding carboxylic acids is 1. The van der Waals surface area contributed by atoms with Gasteiger partial charge in [0.15, 0.2) is 0 Å². The average Bonchev–Trinajstić information content (AvgIpc) is 2.89. The molecule has 3 N–H and O–H groups in total. The minimum Gasteiger partial charge on any atom is -0.457 e. The number of amides is 1. The van der Waals surface area contributed by atoms with E-state index in [1.54, 1.807) is 23.9 Å². The van der Waals surface area contributed by atoms with Gasteiger partial charge in [-0.3, -0.25) is 4.79 Å². The van der Waals surface area contributed by atoms with Gasteiger partial charge in [0, 0.05) is 6.54 Å². The SMILES string of the molecule is CN.O=C1NCCCS[C@@H]1c1ccc(Oc2ccc(OC(F)(F)F)cc2)cc1. The Morgan fingerprint density at radius 1 is 1.00 bits per heavy atom. The number of thioether (sulfide) groups is 1. The first-order chi connectivity index (χ1) is 13.4. The number of benzene rings is 2. The fraction of sp³-hybridized carbons (Fsp3) is 0.316. The van der Waals surface area contributed by atoms with E-state index in [1.807, 2.05) is 12.1 Å². The van der Waals surface area contributed by atoms with Crippen molar-refractivity contribution in [3.8, 4) is 17.2 Å². The molecule has 0 radical (unpaired) electrons. The van der Waals surface area contributed by atoms with Gasteiger partial charge in [-0.05, 0) is 61.2 Å². The van der Waals surface area contributed by atoms with Crippen molar-refractivity contribution in [2.75, 3.05) is 19.3 Å². The van der Waals surface area contributed by atoms with Gasteiger partial charge in [-0.1, -0.05) is 12.1 Å². The lowest BCUT2D eigenvalue weighted by Crippen LogP contribution is -2.26. The molecule has 1 aliphatic rings. The highest BCUT2D eigenvalue weighted by Crippen LogP contribution is 2.33. The summed E-state index contributed by atoms with van der Waals surface area (Å²) in [5.41, 5.74) is 5.38. The first kappa shape index (κ1) is 21.9. The average molecular weight is 414 g/mol. The first-order valence-electron chi connectivity index (χ1n) is 8.51. The maximum Gasteiger partial charge on any atom is 0.573 e. The molecule has 152 valence electrons. The van der Waals surface area contributed by atoms with Crippen molar-refractivity contribution in [3.63, 3.8) is 0 Å². The zero-order valence-corrected chi connectivity index (χ0v) is 16.0. The molecule has 1 saturated heterocycles. The Balaban J connectivity index is 0.00000136. The number of rotatable bonds is 4. The quantitative estimate of drug-likeness (QED) is 0.783. The normalized spacial score (nSPS) is 16.9. The van der Waals surface area contributed by atoms with Gasteiger partial charge in [0.1, 0.15) is 22.5 Å².